The molecule has 77 heavy (non-hydrogen) atoms. The number of phenols is 1. The first-order valence-electron chi connectivity index (χ1n) is 22.0. The van der Waals surface area contributed by atoms with Crippen molar-refractivity contribution < 1.29 is 79.4 Å². The molecule has 0 aliphatic rings. The molecule has 0 aliphatic carbocycles. The summed E-state index contributed by atoms with van der Waals surface area (Å²) in [5, 5.41) is 40.3. The lowest BCUT2D eigenvalue weighted by molar-refractivity contribution is 0.317. The van der Waals surface area contributed by atoms with E-state index in [0.717, 1.165) is 24.3 Å². The number of azo groups is 3. The van der Waals surface area contributed by atoms with E-state index in [2.05, 4.69) is 36.0 Å². The fourth-order valence-corrected chi connectivity index (χ4v) is 10.1. The summed E-state index contributed by atoms with van der Waals surface area (Å²) >= 11 is 0. The average Bonchev–Trinajstić information content (AvgIpc) is 3.32. The highest BCUT2D eigenvalue weighted by molar-refractivity contribution is 7.86. The second-order valence-electron chi connectivity index (χ2n) is 16.8. The number of nitrogens with zero attached hydrogens (tertiary/aromatic N) is 6. The Morgan fingerprint density at radius 3 is 1.68 bits per heavy atom. The Morgan fingerprint density at radius 1 is 0.494 bits per heavy atom. The first kappa shape index (κ1) is 57.1. The van der Waals surface area contributed by atoms with Gasteiger partial charge in [-0.15, -0.1) is 10.2 Å². The van der Waals surface area contributed by atoms with E-state index < -0.39 is 88.2 Å². The molecule has 0 unspecified atom stereocenters. The van der Waals surface area contributed by atoms with Crippen LogP contribution in [-0.4, -0.2) is 94.7 Å². The Labute approximate surface area is 439 Å². The standard InChI is InChI=1S/C46H44N8O18S5/c1-26-17-32(50-54-45-44(77(68,69)70)22-29-19-30(5-10-36(29)46(45)55)48-31-7-11-37(47)43(23-31)76(65,66)67)8-12-38(26)51-53-40-18-27(2)39(25-42(40)72-14-4-16-74(59,60)61)52-49-33-6-9-35-28(20-33)21-34(75(62,63)64)24-41(35)71-13-3-15-73(56,57)58/h5-12,17-25,48,55H,3-4,13-16,47H2,1-2H3,(H,56,57,58)(H,59,60,61)(H,62,63,64)(H,65,66,67)(H,68,69,70). The van der Waals surface area contributed by atoms with E-state index in [0.29, 0.717) is 22.2 Å². The SMILES string of the molecule is Cc1cc(N=Nc2ccc(N=Nc3c(S(=O)(=O)O)cc4cc(Nc5ccc(N)c(S(=O)(=O)O)c5)ccc4c3O)cc2C)c(OCCCS(=O)(=O)O)cc1N=Nc1ccc2c(OCCCS(=O)(=O)O)cc(S(=O)(=O)O)cc2c1. The van der Waals surface area contributed by atoms with Crippen LogP contribution in [0.4, 0.5) is 51.2 Å². The zero-order valence-corrected chi connectivity index (χ0v) is 44.0. The summed E-state index contributed by atoms with van der Waals surface area (Å²) in [6.45, 7) is 2.87. The molecular formula is C46H44N8O18S5. The average molecular weight is 1160 g/mol. The lowest BCUT2D eigenvalue weighted by Crippen LogP contribution is -2.09. The molecule has 0 radical (unpaired) electrons. The van der Waals surface area contributed by atoms with Crippen molar-refractivity contribution in [3.05, 3.63) is 114 Å². The quantitative estimate of drug-likeness (QED) is 0.0143. The van der Waals surface area contributed by atoms with E-state index in [1.807, 2.05) is 0 Å². The van der Waals surface area contributed by atoms with Gasteiger partial charge in [-0.2, -0.15) is 62.5 Å². The first-order valence-corrected chi connectivity index (χ1v) is 29.6. The topological polar surface area (TPSA) is 423 Å². The summed E-state index contributed by atoms with van der Waals surface area (Å²) < 4.78 is 177. The zero-order chi connectivity index (χ0) is 56.3. The van der Waals surface area contributed by atoms with Crippen LogP contribution in [-0.2, 0) is 50.6 Å². The van der Waals surface area contributed by atoms with Crippen LogP contribution in [0.5, 0.6) is 17.2 Å². The third kappa shape index (κ3) is 15.1. The van der Waals surface area contributed by atoms with Crippen LogP contribution in [0.1, 0.15) is 24.0 Å². The van der Waals surface area contributed by atoms with E-state index in [4.69, 9.17) is 19.8 Å². The van der Waals surface area contributed by atoms with Crippen LogP contribution in [0.25, 0.3) is 21.5 Å². The van der Waals surface area contributed by atoms with Crippen LogP contribution in [0.15, 0.2) is 149 Å². The molecule has 0 bridgehead atoms. The third-order valence-corrected chi connectivity index (χ3v) is 15.2. The van der Waals surface area contributed by atoms with E-state index in [9.17, 15) is 65.4 Å². The number of benzene rings is 7. The lowest BCUT2D eigenvalue weighted by atomic mass is 10.1. The highest BCUT2D eigenvalue weighted by Crippen LogP contribution is 2.43. The van der Waals surface area contributed by atoms with E-state index in [1.165, 1.54) is 72.8 Å². The predicted octanol–water partition coefficient (Wildman–Crippen LogP) is 9.94. The molecule has 0 aromatic heterocycles. The van der Waals surface area contributed by atoms with Gasteiger partial charge in [-0.25, -0.2) is 0 Å². The van der Waals surface area contributed by atoms with Crippen molar-refractivity contribution in [3.63, 3.8) is 0 Å². The maximum absolute atomic E-state index is 12.6. The van der Waals surface area contributed by atoms with Crippen LogP contribution < -0.4 is 20.5 Å². The molecular weight excluding hydrogens is 1110 g/mol. The molecule has 406 valence electrons. The molecule has 0 saturated heterocycles. The molecule has 31 heteroatoms. The summed E-state index contributed by atoms with van der Waals surface area (Å²) in [6.07, 6.45) is -0.251. The number of nitrogens with one attached hydrogen (secondary N) is 1. The molecule has 0 atom stereocenters. The first-order chi connectivity index (χ1) is 35.9. The second kappa shape index (κ2) is 22.6. The van der Waals surface area contributed by atoms with E-state index in [1.54, 1.807) is 19.9 Å². The monoisotopic (exact) mass is 1160 g/mol. The number of hydrogen-bond donors (Lipinski definition) is 8. The Kier molecular flexibility index (Phi) is 16.7. The lowest BCUT2D eigenvalue weighted by Gasteiger charge is -2.12. The van der Waals surface area contributed by atoms with Gasteiger partial charge in [0, 0.05) is 34.3 Å². The van der Waals surface area contributed by atoms with Gasteiger partial charge in [0.05, 0.1) is 58.1 Å². The fraction of sp³-hybridized carbons (Fsp3) is 0.174. The Morgan fingerprint density at radius 2 is 1.04 bits per heavy atom. The summed E-state index contributed by atoms with van der Waals surface area (Å²) in [6, 6.07) is 23.2. The number of aryl methyl sites for hydroxylation is 2. The fourth-order valence-electron chi connectivity index (χ4n) is 7.30. The molecule has 26 nitrogen and oxygen atoms in total. The van der Waals surface area contributed by atoms with Crippen molar-refractivity contribution in [2.45, 2.75) is 41.4 Å². The van der Waals surface area contributed by atoms with Gasteiger partial charge in [-0.3, -0.25) is 22.8 Å². The Hall–Kier alpha value is -7.59. The molecule has 0 saturated carbocycles. The number of aromatic hydroxyl groups is 1. The number of ether oxygens (including phenoxy) is 2. The van der Waals surface area contributed by atoms with Crippen LogP contribution in [0.2, 0.25) is 0 Å². The largest absolute Gasteiger partial charge is 0.505 e. The number of hydrogen-bond acceptors (Lipinski definition) is 21. The van der Waals surface area contributed by atoms with Gasteiger partial charge in [0.2, 0.25) is 0 Å². The maximum Gasteiger partial charge on any atom is 0.296 e. The summed E-state index contributed by atoms with van der Waals surface area (Å²) in [5.41, 5.74) is 7.34. The molecule has 0 aliphatic heterocycles. The third-order valence-electron chi connectivity index (χ3n) is 10.9. The molecule has 0 heterocycles. The zero-order valence-electron chi connectivity index (χ0n) is 39.9. The molecule has 9 N–H and O–H groups in total. The smallest absolute Gasteiger partial charge is 0.296 e. The highest BCUT2D eigenvalue weighted by atomic mass is 32.2. The van der Waals surface area contributed by atoms with Gasteiger partial charge in [-0.05, 0) is 140 Å². The Bertz CT molecular complexity index is 4180. The van der Waals surface area contributed by atoms with Crippen LogP contribution >= 0.6 is 0 Å². The van der Waals surface area contributed by atoms with Crippen LogP contribution in [0.3, 0.4) is 0 Å². The minimum Gasteiger partial charge on any atom is -0.505 e. The molecule has 7 aromatic carbocycles. The van der Waals surface area contributed by atoms with Gasteiger partial charge >= 0.3 is 0 Å². The number of phenolic OH excluding ortho intramolecular Hbond substituents is 1. The van der Waals surface area contributed by atoms with Gasteiger partial charge in [0.15, 0.2) is 5.75 Å². The summed E-state index contributed by atoms with van der Waals surface area (Å²) in [4.78, 5) is -1.88. The number of anilines is 3. The van der Waals surface area contributed by atoms with Crippen molar-refractivity contribution in [2.75, 3.05) is 35.8 Å². The van der Waals surface area contributed by atoms with Gasteiger partial charge < -0.3 is 25.6 Å². The predicted molar refractivity (Wildman–Crippen MR) is 281 cm³/mol. The molecule has 0 spiro atoms. The van der Waals surface area contributed by atoms with Crippen LogP contribution in [0, 0.1) is 13.8 Å². The van der Waals surface area contributed by atoms with Crippen molar-refractivity contribution >= 4 is 123 Å². The number of rotatable bonds is 21. The normalized spacial score (nSPS) is 12.9. The Balaban J connectivity index is 1.14. The second-order valence-corrected chi connectivity index (χ2v) is 24.1. The van der Waals surface area contributed by atoms with E-state index in [-0.39, 0.29) is 93.5 Å². The van der Waals surface area contributed by atoms with Gasteiger partial charge in [0.25, 0.3) is 50.6 Å². The summed E-state index contributed by atoms with van der Waals surface area (Å²) in [7, 11) is -23.0. The maximum atomic E-state index is 12.6. The molecule has 7 rings (SSSR count). The molecule has 7 aromatic rings. The number of nitrogens with two attached hydrogens (primary N) is 1. The van der Waals surface area contributed by atoms with E-state index >= 15 is 0 Å². The van der Waals surface area contributed by atoms with Crippen molar-refractivity contribution in [1.82, 2.24) is 0 Å². The van der Waals surface area contributed by atoms with Gasteiger partial charge in [-0.1, -0.05) is 0 Å². The van der Waals surface area contributed by atoms with Gasteiger partial charge in [0.1, 0.15) is 32.7 Å². The minimum absolute atomic E-state index is 0.00806. The number of fused-ring (bicyclic) bond motifs is 2. The molecule has 0 amide bonds. The van der Waals surface area contributed by atoms with Crippen molar-refractivity contribution in [2.24, 2.45) is 30.7 Å². The highest BCUT2D eigenvalue weighted by Gasteiger charge is 2.23. The molecule has 0 fully saturated rings. The number of nitrogen functional groups attached to an aromatic ring is 1. The minimum atomic E-state index is -5.03. The van der Waals surface area contributed by atoms with Crippen molar-refractivity contribution in [1.29, 1.82) is 0 Å². The van der Waals surface area contributed by atoms with Crippen molar-refractivity contribution in [3.8, 4) is 17.2 Å². The summed E-state index contributed by atoms with van der Waals surface area (Å²) in [5.74, 6) is -1.82.